The lowest BCUT2D eigenvalue weighted by Crippen LogP contribution is -2.49. The van der Waals surface area contributed by atoms with Crippen molar-refractivity contribution in [3.05, 3.63) is 18.0 Å². The summed E-state index contributed by atoms with van der Waals surface area (Å²) in [5.74, 6) is -0.360. The van der Waals surface area contributed by atoms with Gasteiger partial charge in [0.15, 0.2) is 5.69 Å². The van der Waals surface area contributed by atoms with Crippen molar-refractivity contribution >= 4 is 12.0 Å². The van der Waals surface area contributed by atoms with Crippen LogP contribution in [0.15, 0.2) is 16.9 Å². The van der Waals surface area contributed by atoms with Crippen molar-refractivity contribution in [1.29, 1.82) is 0 Å². The second-order valence-electron chi connectivity index (χ2n) is 6.89. The van der Waals surface area contributed by atoms with Gasteiger partial charge in [0.25, 0.3) is 5.91 Å². The van der Waals surface area contributed by atoms with Gasteiger partial charge in [-0.3, -0.25) is 4.79 Å². The van der Waals surface area contributed by atoms with Crippen LogP contribution in [-0.2, 0) is 4.74 Å². The van der Waals surface area contributed by atoms with Gasteiger partial charge in [-0.25, -0.2) is 4.79 Å². The van der Waals surface area contributed by atoms with Crippen LogP contribution in [0.3, 0.4) is 0 Å². The standard InChI is InChI=1S/C16H27N3O4/c1-6-7-9-16(5,23-14(21)18-15(2,3)4)11-17-13(20)12-8-10-22-19-12/h8,10H,6-7,9,11H2,1-5H3,(H,17,20)(H,18,21)/t16-/m1/s1. The highest BCUT2D eigenvalue weighted by Crippen LogP contribution is 2.19. The summed E-state index contributed by atoms with van der Waals surface area (Å²) < 4.78 is 10.2. The van der Waals surface area contributed by atoms with Crippen LogP contribution in [-0.4, -0.2) is 34.8 Å². The molecule has 7 heteroatoms. The number of nitrogens with one attached hydrogen (secondary N) is 2. The van der Waals surface area contributed by atoms with Crippen LogP contribution in [0.2, 0.25) is 0 Å². The van der Waals surface area contributed by atoms with Crippen LogP contribution in [0.1, 0.15) is 64.4 Å². The molecule has 0 aromatic carbocycles. The molecule has 0 saturated carbocycles. The minimum absolute atomic E-state index is 0.196. The van der Waals surface area contributed by atoms with Crippen LogP contribution >= 0.6 is 0 Å². The van der Waals surface area contributed by atoms with E-state index in [0.29, 0.717) is 6.42 Å². The molecular formula is C16H27N3O4. The third-order valence-corrected chi connectivity index (χ3v) is 3.17. The highest BCUT2D eigenvalue weighted by molar-refractivity contribution is 5.92. The quantitative estimate of drug-likeness (QED) is 0.804. The Labute approximate surface area is 137 Å². The lowest BCUT2D eigenvalue weighted by Gasteiger charge is -2.31. The summed E-state index contributed by atoms with van der Waals surface area (Å²) in [5.41, 5.74) is -0.973. The Hall–Kier alpha value is -2.05. The average Bonchev–Trinajstić information content (AvgIpc) is 2.94. The first-order chi connectivity index (χ1) is 10.7. The van der Waals surface area contributed by atoms with E-state index in [1.165, 1.54) is 12.3 Å². The number of ether oxygens (including phenoxy) is 1. The Morgan fingerprint density at radius 2 is 2.00 bits per heavy atom. The number of carbonyl (C=O) groups is 2. The molecule has 0 aliphatic rings. The molecule has 0 unspecified atom stereocenters. The number of hydrogen-bond acceptors (Lipinski definition) is 5. The Kier molecular flexibility index (Phi) is 6.60. The van der Waals surface area contributed by atoms with Crippen molar-refractivity contribution in [3.8, 4) is 0 Å². The van der Waals surface area contributed by atoms with E-state index in [9.17, 15) is 9.59 Å². The zero-order valence-corrected chi connectivity index (χ0v) is 14.6. The van der Waals surface area contributed by atoms with Gasteiger partial charge >= 0.3 is 6.09 Å². The molecule has 0 saturated heterocycles. The van der Waals surface area contributed by atoms with E-state index < -0.39 is 11.7 Å². The van der Waals surface area contributed by atoms with Crippen LogP contribution in [0.5, 0.6) is 0 Å². The molecule has 0 fully saturated rings. The number of hydrogen-bond donors (Lipinski definition) is 2. The van der Waals surface area contributed by atoms with Crippen molar-refractivity contribution in [3.63, 3.8) is 0 Å². The van der Waals surface area contributed by atoms with Crippen molar-refractivity contribution < 1.29 is 18.8 Å². The fourth-order valence-electron chi connectivity index (χ4n) is 1.97. The van der Waals surface area contributed by atoms with E-state index in [1.54, 1.807) is 0 Å². The number of rotatable bonds is 7. The Balaban J connectivity index is 2.65. The lowest BCUT2D eigenvalue weighted by atomic mass is 9.98. The maximum atomic E-state index is 12.0. The highest BCUT2D eigenvalue weighted by Gasteiger charge is 2.30. The molecule has 0 bridgehead atoms. The normalized spacial score (nSPS) is 14.0. The van der Waals surface area contributed by atoms with E-state index in [2.05, 4.69) is 27.2 Å². The van der Waals surface area contributed by atoms with E-state index in [-0.39, 0.29) is 23.7 Å². The minimum Gasteiger partial charge on any atom is -0.441 e. The second-order valence-corrected chi connectivity index (χ2v) is 6.89. The molecule has 1 rings (SSSR count). The van der Waals surface area contributed by atoms with Gasteiger partial charge in [-0.05, 0) is 40.5 Å². The van der Waals surface area contributed by atoms with E-state index in [4.69, 9.17) is 4.74 Å². The molecule has 0 radical (unpaired) electrons. The van der Waals surface area contributed by atoms with Gasteiger partial charge in [0, 0.05) is 11.6 Å². The largest absolute Gasteiger partial charge is 0.441 e. The molecule has 7 nitrogen and oxygen atoms in total. The molecule has 23 heavy (non-hydrogen) atoms. The minimum atomic E-state index is -0.787. The molecule has 1 aromatic heterocycles. The highest BCUT2D eigenvalue weighted by atomic mass is 16.6. The number of amides is 2. The summed E-state index contributed by atoms with van der Waals surface area (Å²) in [7, 11) is 0. The van der Waals surface area contributed by atoms with E-state index in [1.807, 2.05) is 27.7 Å². The molecular weight excluding hydrogens is 298 g/mol. The Morgan fingerprint density at radius 1 is 1.30 bits per heavy atom. The van der Waals surface area contributed by atoms with Crippen molar-refractivity contribution in [2.24, 2.45) is 0 Å². The molecule has 1 heterocycles. The molecule has 130 valence electrons. The first kappa shape index (κ1) is 19.0. The van der Waals surface area contributed by atoms with Gasteiger partial charge < -0.3 is 19.9 Å². The number of aromatic nitrogens is 1. The van der Waals surface area contributed by atoms with Gasteiger partial charge in [0.05, 0.1) is 6.54 Å². The molecule has 0 aliphatic carbocycles. The summed E-state index contributed by atoms with van der Waals surface area (Å²) in [4.78, 5) is 24.0. The molecule has 2 amide bonds. The van der Waals surface area contributed by atoms with Gasteiger partial charge in [0.1, 0.15) is 11.9 Å². The van der Waals surface area contributed by atoms with Gasteiger partial charge in [-0.1, -0.05) is 18.5 Å². The number of alkyl carbamates (subject to hydrolysis) is 1. The van der Waals surface area contributed by atoms with Crippen molar-refractivity contribution in [2.45, 2.75) is 65.0 Å². The van der Waals surface area contributed by atoms with E-state index >= 15 is 0 Å². The fraction of sp³-hybridized carbons (Fsp3) is 0.688. The maximum absolute atomic E-state index is 12.0. The van der Waals surface area contributed by atoms with Crippen LogP contribution in [0.25, 0.3) is 0 Å². The predicted octanol–water partition coefficient (Wildman–Crippen LogP) is 2.88. The zero-order valence-electron chi connectivity index (χ0n) is 14.6. The molecule has 0 spiro atoms. The number of nitrogens with zero attached hydrogens (tertiary/aromatic N) is 1. The molecule has 1 atom stereocenters. The third-order valence-electron chi connectivity index (χ3n) is 3.17. The van der Waals surface area contributed by atoms with Crippen LogP contribution < -0.4 is 10.6 Å². The Morgan fingerprint density at radius 3 is 2.52 bits per heavy atom. The van der Waals surface area contributed by atoms with Gasteiger partial charge in [-0.2, -0.15) is 0 Å². The van der Waals surface area contributed by atoms with Crippen molar-refractivity contribution in [1.82, 2.24) is 15.8 Å². The topological polar surface area (TPSA) is 93.5 Å². The number of carbonyl (C=O) groups excluding carboxylic acids is 2. The predicted molar refractivity (Wildman–Crippen MR) is 86.1 cm³/mol. The number of unbranched alkanes of at least 4 members (excludes halogenated alkanes) is 1. The smallest absolute Gasteiger partial charge is 0.408 e. The van der Waals surface area contributed by atoms with E-state index in [0.717, 1.165) is 12.8 Å². The first-order valence-corrected chi connectivity index (χ1v) is 7.85. The van der Waals surface area contributed by atoms with Crippen LogP contribution in [0, 0.1) is 0 Å². The first-order valence-electron chi connectivity index (χ1n) is 7.85. The molecule has 2 N–H and O–H groups in total. The molecule has 0 aliphatic heterocycles. The molecule has 1 aromatic rings. The summed E-state index contributed by atoms with van der Waals surface area (Å²) >= 11 is 0. The maximum Gasteiger partial charge on any atom is 0.408 e. The van der Waals surface area contributed by atoms with Gasteiger partial charge in [0.2, 0.25) is 0 Å². The summed E-state index contributed by atoms with van der Waals surface area (Å²) in [6.45, 7) is 9.71. The SMILES string of the molecule is CCCC[C@](C)(CNC(=O)c1ccon1)OC(=O)NC(C)(C)C. The third kappa shape index (κ3) is 7.17. The summed E-state index contributed by atoms with van der Waals surface area (Å²) in [5, 5.41) is 9.08. The average molecular weight is 325 g/mol. The van der Waals surface area contributed by atoms with Crippen LogP contribution in [0.4, 0.5) is 4.79 Å². The Bertz CT molecular complexity index is 508. The van der Waals surface area contributed by atoms with Gasteiger partial charge in [-0.15, -0.1) is 0 Å². The second kappa shape index (κ2) is 7.99. The lowest BCUT2D eigenvalue weighted by molar-refractivity contribution is 0.0137. The fourth-order valence-corrected chi connectivity index (χ4v) is 1.97. The zero-order chi connectivity index (χ0) is 17.5. The summed E-state index contributed by atoms with van der Waals surface area (Å²) in [6.07, 6.45) is 3.35. The summed E-state index contributed by atoms with van der Waals surface area (Å²) in [6, 6.07) is 1.48. The van der Waals surface area contributed by atoms with Crippen molar-refractivity contribution in [2.75, 3.05) is 6.54 Å². The monoisotopic (exact) mass is 325 g/mol.